The van der Waals surface area contributed by atoms with Gasteiger partial charge in [0.15, 0.2) is 5.11 Å². The number of anilines is 1. The van der Waals surface area contributed by atoms with Crippen LogP contribution >= 0.6 is 23.8 Å². The van der Waals surface area contributed by atoms with Crippen LogP contribution in [0.2, 0.25) is 5.02 Å². The van der Waals surface area contributed by atoms with E-state index >= 15 is 0 Å². The lowest BCUT2D eigenvalue weighted by molar-refractivity contribution is -0.122. The summed E-state index contributed by atoms with van der Waals surface area (Å²) in [5.74, 6) is -0.727. The van der Waals surface area contributed by atoms with Crippen molar-refractivity contribution in [3.05, 3.63) is 40.9 Å². The number of nitrogens with zero attached hydrogens (tertiary/aromatic N) is 1. The maximum atomic E-state index is 12.6. The molecule has 6 heteroatoms. The van der Waals surface area contributed by atoms with Gasteiger partial charge < -0.3 is 0 Å². The summed E-state index contributed by atoms with van der Waals surface area (Å²) in [7, 11) is 0. The van der Waals surface area contributed by atoms with Gasteiger partial charge in [0.05, 0.1) is 5.69 Å². The van der Waals surface area contributed by atoms with E-state index in [-0.39, 0.29) is 16.6 Å². The van der Waals surface area contributed by atoms with E-state index < -0.39 is 11.8 Å². The molecule has 0 radical (unpaired) electrons. The third-order valence-electron chi connectivity index (χ3n) is 3.28. The summed E-state index contributed by atoms with van der Waals surface area (Å²) >= 11 is 10.9. The Labute approximate surface area is 133 Å². The minimum absolute atomic E-state index is 0.0774. The Hall–Kier alpha value is -1.72. The second-order valence-corrected chi connectivity index (χ2v) is 5.67. The first-order chi connectivity index (χ1) is 9.93. The molecular weight excluding hydrogens is 308 g/mol. The molecule has 1 atom stereocenters. The number of hydrogen-bond donors (Lipinski definition) is 1. The molecule has 4 nitrogen and oxygen atoms in total. The normalized spacial score (nSPS) is 18.9. The Balaban J connectivity index is 2.40. The number of rotatable bonds is 3. The minimum atomic E-state index is -0.449. The molecule has 1 heterocycles. The van der Waals surface area contributed by atoms with Crippen molar-refractivity contribution in [3.8, 4) is 0 Å². The van der Waals surface area contributed by atoms with Gasteiger partial charge >= 0.3 is 0 Å². The van der Waals surface area contributed by atoms with E-state index in [1.807, 2.05) is 13.8 Å². The summed E-state index contributed by atoms with van der Waals surface area (Å²) in [5.41, 5.74) is 0.692. The summed E-state index contributed by atoms with van der Waals surface area (Å²) in [6.07, 6.45) is 2.53. The molecule has 0 aromatic heterocycles. The molecule has 0 aliphatic carbocycles. The van der Waals surface area contributed by atoms with E-state index in [0.29, 0.717) is 10.7 Å². The topological polar surface area (TPSA) is 49.4 Å². The van der Waals surface area contributed by atoms with Crippen LogP contribution in [0.1, 0.15) is 20.3 Å². The SMILES string of the molecule is CCC(C)/C=C1/C(=O)NC(=S)N(c2ccc(Cl)cc2)C1=O. The number of carbonyl (C=O) groups excluding carboxylic acids is 2. The summed E-state index contributed by atoms with van der Waals surface area (Å²) in [6, 6.07) is 6.71. The highest BCUT2D eigenvalue weighted by molar-refractivity contribution is 7.80. The summed E-state index contributed by atoms with van der Waals surface area (Å²) in [5, 5.41) is 3.19. The Morgan fingerprint density at radius 1 is 1.33 bits per heavy atom. The molecule has 1 aliphatic rings. The third-order valence-corrected chi connectivity index (χ3v) is 3.82. The molecule has 0 spiro atoms. The van der Waals surface area contributed by atoms with Crippen molar-refractivity contribution in [1.82, 2.24) is 5.32 Å². The highest BCUT2D eigenvalue weighted by Gasteiger charge is 2.34. The summed E-state index contributed by atoms with van der Waals surface area (Å²) in [4.78, 5) is 25.8. The Morgan fingerprint density at radius 2 is 1.95 bits per heavy atom. The van der Waals surface area contributed by atoms with Crippen molar-refractivity contribution in [1.29, 1.82) is 0 Å². The van der Waals surface area contributed by atoms with Gasteiger partial charge in [0.2, 0.25) is 0 Å². The fraction of sp³-hybridized carbons (Fsp3) is 0.267. The standard InChI is InChI=1S/C15H15ClN2O2S/c1-3-9(2)8-12-13(19)17-15(21)18(14(12)20)11-6-4-10(16)5-7-11/h4-9H,3H2,1-2H3,(H,17,19,21)/b12-8-. The maximum absolute atomic E-state index is 12.6. The lowest BCUT2D eigenvalue weighted by Gasteiger charge is -2.29. The van der Waals surface area contributed by atoms with Crippen molar-refractivity contribution in [2.75, 3.05) is 4.90 Å². The molecule has 2 rings (SSSR count). The zero-order chi connectivity index (χ0) is 15.6. The van der Waals surface area contributed by atoms with Crippen LogP contribution in [0.4, 0.5) is 5.69 Å². The van der Waals surface area contributed by atoms with Crippen molar-refractivity contribution >= 4 is 46.4 Å². The van der Waals surface area contributed by atoms with E-state index in [1.54, 1.807) is 30.3 Å². The summed E-state index contributed by atoms with van der Waals surface area (Å²) in [6.45, 7) is 3.95. The average molecular weight is 323 g/mol. The van der Waals surface area contributed by atoms with Crippen LogP contribution in [0.25, 0.3) is 0 Å². The predicted octanol–water partition coefficient (Wildman–Crippen LogP) is 3.06. The highest BCUT2D eigenvalue weighted by atomic mass is 35.5. The zero-order valence-corrected chi connectivity index (χ0v) is 13.3. The number of benzene rings is 1. The van der Waals surface area contributed by atoms with Crippen LogP contribution < -0.4 is 10.2 Å². The monoisotopic (exact) mass is 322 g/mol. The number of allylic oxidation sites excluding steroid dienone is 1. The van der Waals surface area contributed by atoms with E-state index in [9.17, 15) is 9.59 Å². The van der Waals surface area contributed by atoms with Gasteiger partial charge in [0.25, 0.3) is 11.8 Å². The minimum Gasteiger partial charge on any atom is -0.298 e. The molecule has 1 aliphatic heterocycles. The zero-order valence-electron chi connectivity index (χ0n) is 11.7. The molecule has 1 saturated heterocycles. The molecule has 110 valence electrons. The second kappa shape index (κ2) is 6.37. The molecule has 0 saturated carbocycles. The van der Waals surface area contributed by atoms with Crippen LogP contribution in [0.5, 0.6) is 0 Å². The fourth-order valence-electron chi connectivity index (χ4n) is 1.90. The fourth-order valence-corrected chi connectivity index (χ4v) is 2.31. The van der Waals surface area contributed by atoms with Crippen LogP contribution in [0.15, 0.2) is 35.9 Å². The van der Waals surface area contributed by atoms with Gasteiger partial charge in [-0.1, -0.05) is 37.9 Å². The third kappa shape index (κ3) is 3.31. The number of halogens is 1. The lowest BCUT2D eigenvalue weighted by Crippen LogP contribution is -2.54. The Kier molecular flexibility index (Phi) is 4.75. The predicted molar refractivity (Wildman–Crippen MR) is 87.2 cm³/mol. The van der Waals surface area contributed by atoms with Gasteiger partial charge in [-0.15, -0.1) is 0 Å². The van der Waals surface area contributed by atoms with Gasteiger partial charge in [-0.2, -0.15) is 0 Å². The van der Waals surface area contributed by atoms with E-state index in [0.717, 1.165) is 6.42 Å². The van der Waals surface area contributed by atoms with Gasteiger partial charge in [-0.25, -0.2) is 0 Å². The second-order valence-electron chi connectivity index (χ2n) is 4.84. The first-order valence-corrected chi connectivity index (χ1v) is 7.39. The lowest BCUT2D eigenvalue weighted by atomic mass is 10.0. The smallest absolute Gasteiger partial charge is 0.269 e. The molecule has 1 fully saturated rings. The summed E-state index contributed by atoms with van der Waals surface area (Å²) < 4.78 is 0. The molecular formula is C15H15ClN2O2S. The Bertz CT molecular complexity index is 625. The first-order valence-electron chi connectivity index (χ1n) is 6.61. The van der Waals surface area contributed by atoms with Crippen LogP contribution in [0, 0.1) is 5.92 Å². The van der Waals surface area contributed by atoms with E-state index in [1.165, 1.54) is 4.90 Å². The quantitative estimate of drug-likeness (QED) is 0.528. The molecule has 1 aromatic carbocycles. The first kappa shape index (κ1) is 15.7. The van der Waals surface area contributed by atoms with Gasteiger partial charge in [-0.05, 0) is 42.4 Å². The van der Waals surface area contributed by atoms with E-state index in [2.05, 4.69) is 5.32 Å². The Morgan fingerprint density at radius 3 is 2.52 bits per heavy atom. The van der Waals surface area contributed by atoms with Gasteiger partial charge in [0, 0.05) is 5.02 Å². The molecule has 1 N–H and O–H groups in total. The maximum Gasteiger partial charge on any atom is 0.269 e. The number of carbonyl (C=O) groups is 2. The molecule has 21 heavy (non-hydrogen) atoms. The van der Waals surface area contributed by atoms with Crippen LogP contribution in [0.3, 0.4) is 0 Å². The average Bonchev–Trinajstić information content (AvgIpc) is 2.45. The van der Waals surface area contributed by atoms with Crippen molar-refractivity contribution in [2.24, 2.45) is 5.92 Å². The largest absolute Gasteiger partial charge is 0.298 e. The van der Waals surface area contributed by atoms with Crippen molar-refractivity contribution < 1.29 is 9.59 Å². The number of thiocarbonyl (C=S) groups is 1. The van der Waals surface area contributed by atoms with Crippen molar-refractivity contribution in [2.45, 2.75) is 20.3 Å². The van der Waals surface area contributed by atoms with Crippen LogP contribution in [-0.2, 0) is 9.59 Å². The van der Waals surface area contributed by atoms with Crippen molar-refractivity contribution in [3.63, 3.8) is 0 Å². The number of hydrogen-bond acceptors (Lipinski definition) is 3. The number of amides is 2. The number of nitrogens with one attached hydrogen (secondary N) is 1. The van der Waals surface area contributed by atoms with Gasteiger partial charge in [-0.3, -0.25) is 19.8 Å². The molecule has 0 bridgehead atoms. The highest BCUT2D eigenvalue weighted by Crippen LogP contribution is 2.23. The molecule has 2 amide bonds. The van der Waals surface area contributed by atoms with Gasteiger partial charge in [0.1, 0.15) is 5.57 Å². The van der Waals surface area contributed by atoms with Crippen LogP contribution in [-0.4, -0.2) is 16.9 Å². The molecule has 1 unspecified atom stereocenters. The molecule has 1 aromatic rings. The van der Waals surface area contributed by atoms with E-state index in [4.69, 9.17) is 23.8 Å².